The molecule has 0 radical (unpaired) electrons. The van der Waals surface area contributed by atoms with Crippen molar-refractivity contribution in [3.05, 3.63) is 63.6 Å². The molecule has 0 unspecified atom stereocenters. The average molecular weight is 425 g/mol. The molecule has 8 heteroatoms. The van der Waals surface area contributed by atoms with Gasteiger partial charge in [-0.25, -0.2) is 8.42 Å². The SMILES string of the molecule is C#CCNS(=O)(=O)c1cccc(C(=O)N(CC)Cc2ccc(Cl)c(Cl)c2)c1. The summed E-state index contributed by atoms with van der Waals surface area (Å²) in [6.07, 6.45) is 5.09. The highest BCUT2D eigenvalue weighted by Crippen LogP contribution is 2.23. The fourth-order valence-corrected chi connectivity index (χ4v) is 3.69. The molecule has 0 saturated heterocycles. The van der Waals surface area contributed by atoms with Gasteiger partial charge in [-0.05, 0) is 42.8 Å². The first-order valence-corrected chi connectivity index (χ1v) is 10.3. The zero-order chi connectivity index (χ0) is 20.0. The molecular weight excluding hydrogens is 407 g/mol. The molecule has 0 bridgehead atoms. The van der Waals surface area contributed by atoms with Crippen molar-refractivity contribution in [1.82, 2.24) is 9.62 Å². The van der Waals surface area contributed by atoms with E-state index >= 15 is 0 Å². The van der Waals surface area contributed by atoms with Gasteiger partial charge in [-0.3, -0.25) is 4.79 Å². The number of rotatable bonds is 7. The quantitative estimate of drug-likeness (QED) is 0.690. The van der Waals surface area contributed by atoms with Crippen LogP contribution >= 0.6 is 23.2 Å². The Morgan fingerprint density at radius 1 is 1.19 bits per heavy atom. The summed E-state index contributed by atoms with van der Waals surface area (Å²) in [5.41, 5.74) is 1.08. The summed E-state index contributed by atoms with van der Waals surface area (Å²) in [4.78, 5) is 14.4. The van der Waals surface area contributed by atoms with E-state index in [2.05, 4.69) is 10.6 Å². The predicted octanol–water partition coefficient (Wildman–Crippen LogP) is 3.57. The molecule has 0 fully saturated rings. The largest absolute Gasteiger partial charge is 0.335 e. The molecule has 27 heavy (non-hydrogen) atoms. The predicted molar refractivity (Wildman–Crippen MR) is 107 cm³/mol. The van der Waals surface area contributed by atoms with Crippen molar-refractivity contribution in [2.45, 2.75) is 18.4 Å². The van der Waals surface area contributed by atoms with Crippen LogP contribution in [0.2, 0.25) is 10.0 Å². The average Bonchev–Trinajstić information content (AvgIpc) is 2.66. The van der Waals surface area contributed by atoms with Crippen LogP contribution in [0.4, 0.5) is 0 Å². The summed E-state index contributed by atoms with van der Waals surface area (Å²) in [6.45, 7) is 2.47. The van der Waals surface area contributed by atoms with Gasteiger partial charge in [0.1, 0.15) is 0 Å². The third-order valence-corrected chi connectivity index (χ3v) is 5.92. The van der Waals surface area contributed by atoms with Crippen molar-refractivity contribution >= 4 is 39.1 Å². The molecule has 0 aromatic heterocycles. The second-order valence-electron chi connectivity index (χ2n) is 5.62. The molecule has 0 saturated carbocycles. The van der Waals surface area contributed by atoms with Crippen molar-refractivity contribution in [3.8, 4) is 12.3 Å². The summed E-state index contributed by atoms with van der Waals surface area (Å²) in [7, 11) is -3.78. The Morgan fingerprint density at radius 2 is 1.93 bits per heavy atom. The van der Waals surface area contributed by atoms with Crippen molar-refractivity contribution < 1.29 is 13.2 Å². The smallest absolute Gasteiger partial charge is 0.254 e. The third kappa shape index (κ3) is 5.47. The number of hydrogen-bond acceptors (Lipinski definition) is 3. The number of halogens is 2. The number of carbonyl (C=O) groups excluding carboxylic acids is 1. The lowest BCUT2D eigenvalue weighted by Crippen LogP contribution is -2.30. The minimum Gasteiger partial charge on any atom is -0.335 e. The van der Waals surface area contributed by atoms with Gasteiger partial charge in [-0.1, -0.05) is 41.3 Å². The van der Waals surface area contributed by atoms with E-state index in [0.29, 0.717) is 23.1 Å². The fraction of sp³-hybridized carbons (Fsp3) is 0.211. The molecule has 0 aliphatic heterocycles. The Hall–Kier alpha value is -2.04. The van der Waals surface area contributed by atoms with Gasteiger partial charge in [-0.2, -0.15) is 4.72 Å². The van der Waals surface area contributed by atoms with E-state index in [9.17, 15) is 13.2 Å². The summed E-state index contributed by atoms with van der Waals surface area (Å²) in [6, 6.07) is 11.0. The topological polar surface area (TPSA) is 66.5 Å². The number of nitrogens with one attached hydrogen (secondary N) is 1. The Bertz CT molecular complexity index is 985. The molecule has 0 heterocycles. The van der Waals surface area contributed by atoms with Crippen molar-refractivity contribution in [3.63, 3.8) is 0 Å². The lowest BCUT2D eigenvalue weighted by Gasteiger charge is -2.21. The number of terminal acetylenes is 1. The Labute approximate surface area is 169 Å². The maximum atomic E-state index is 12.8. The molecule has 1 amide bonds. The van der Waals surface area contributed by atoms with Gasteiger partial charge in [0.05, 0.1) is 21.5 Å². The molecule has 0 aliphatic rings. The number of nitrogens with zero attached hydrogens (tertiary/aromatic N) is 1. The minimum absolute atomic E-state index is 0.0193. The molecule has 142 valence electrons. The standard InChI is InChI=1S/C19H18Cl2N2O3S/c1-3-10-22-27(25,26)16-7-5-6-15(12-16)19(24)23(4-2)13-14-8-9-17(20)18(21)11-14/h1,5-9,11-12,22H,4,10,13H2,2H3. The molecule has 0 aliphatic carbocycles. The number of benzene rings is 2. The van der Waals surface area contributed by atoms with Crippen molar-refractivity contribution in [2.24, 2.45) is 0 Å². The second-order valence-corrected chi connectivity index (χ2v) is 8.21. The zero-order valence-electron chi connectivity index (χ0n) is 14.6. The Kier molecular flexibility index (Phi) is 7.28. The lowest BCUT2D eigenvalue weighted by atomic mass is 10.1. The molecule has 2 rings (SSSR count). The van der Waals surface area contributed by atoms with E-state index in [1.54, 1.807) is 29.2 Å². The van der Waals surface area contributed by atoms with Crippen LogP contribution in [0, 0.1) is 12.3 Å². The van der Waals surface area contributed by atoms with Crippen LogP contribution in [-0.4, -0.2) is 32.3 Å². The van der Waals surface area contributed by atoms with Gasteiger partial charge in [0.15, 0.2) is 0 Å². The van der Waals surface area contributed by atoms with Crippen LogP contribution in [0.25, 0.3) is 0 Å². The van der Waals surface area contributed by atoms with E-state index < -0.39 is 10.0 Å². The minimum atomic E-state index is -3.78. The second kappa shape index (κ2) is 9.25. The first-order chi connectivity index (χ1) is 12.8. The molecule has 2 aromatic carbocycles. The van der Waals surface area contributed by atoms with Gasteiger partial charge < -0.3 is 4.90 Å². The van der Waals surface area contributed by atoms with Gasteiger partial charge in [0.25, 0.3) is 5.91 Å². The number of hydrogen-bond donors (Lipinski definition) is 1. The summed E-state index contributed by atoms with van der Waals surface area (Å²) in [5, 5.41) is 0.845. The number of sulfonamides is 1. The van der Waals surface area contributed by atoms with E-state index in [-0.39, 0.29) is 22.9 Å². The van der Waals surface area contributed by atoms with Crippen LogP contribution in [0.1, 0.15) is 22.8 Å². The molecule has 0 atom stereocenters. The van der Waals surface area contributed by atoms with E-state index in [1.165, 1.54) is 18.2 Å². The maximum absolute atomic E-state index is 12.8. The van der Waals surface area contributed by atoms with Crippen molar-refractivity contribution in [2.75, 3.05) is 13.1 Å². The van der Waals surface area contributed by atoms with Crippen LogP contribution in [-0.2, 0) is 16.6 Å². The first-order valence-electron chi connectivity index (χ1n) is 8.05. The zero-order valence-corrected chi connectivity index (χ0v) is 16.9. The molecular formula is C19H18Cl2N2O3S. The Morgan fingerprint density at radius 3 is 2.56 bits per heavy atom. The normalized spacial score (nSPS) is 11.0. The van der Waals surface area contributed by atoms with Crippen LogP contribution in [0.3, 0.4) is 0 Å². The van der Waals surface area contributed by atoms with Gasteiger partial charge in [0.2, 0.25) is 10.0 Å². The van der Waals surface area contributed by atoms with E-state index in [1.807, 2.05) is 6.92 Å². The number of carbonyl (C=O) groups is 1. The summed E-state index contributed by atoms with van der Waals surface area (Å²) >= 11 is 11.9. The van der Waals surface area contributed by atoms with Crippen LogP contribution < -0.4 is 4.72 Å². The monoisotopic (exact) mass is 424 g/mol. The van der Waals surface area contributed by atoms with Gasteiger partial charge >= 0.3 is 0 Å². The highest BCUT2D eigenvalue weighted by Gasteiger charge is 2.19. The summed E-state index contributed by atoms with van der Waals surface area (Å²) in [5.74, 6) is 1.91. The number of amides is 1. The molecule has 1 N–H and O–H groups in total. The molecule has 2 aromatic rings. The van der Waals surface area contributed by atoms with Crippen molar-refractivity contribution in [1.29, 1.82) is 0 Å². The lowest BCUT2D eigenvalue weighted by molar-refractivity contribution is 0.0752. The van der Waals surface area contributed by atoms with Crippen LogP contribution in [0.5, 0.6) is 0 Å². The van der Waals surface area contributed by atoms with E-state index in [4.69, 9.17) is 29.6 Å². The molecule has 5 nitrogen and oxygen atoms in total. The molecule has 0 spiro atoms. The van der Waals surface area contributed by atoms with Gasteiger partial charge in [-0.15, -0.1) is 6.42 Å². The van der Waals surface area contributed by atoms with E-state index in [0.717, 1.165) is 5.56 Å². The summed E-state index contributed by atoms with van der Waals surface area (Å²) < 4.78 is 26.7. The highest BCUT2D eigenvalue weighted by molar-refractivity contribution is 7.89. The highest BCUT2D eigenvalue weighted by atomic mass is 35.5. The van der Waals surface area contributed by atoms with Gasteiger partial charge in [0, 0.05) is 18.7 Å². The Balaban J connectivity index is 2.25. The maximum Gasteiger partial charge on any atom is 0.254 e. The fourth-order valence-electron chi connectivity index (χ4n) is 2.38. The third-order valence-electron chi connectivity index (χ3n) is 3.78. The first kappa shape index (κ1) is 21.3. The van der Waals surface area contributed by atoms with Crippen LogP contribution in [0.15, 0.2) is 47.4 Å².